The predicted molar refractivity (Wildman–Crippen MR) is 148 cm³/mol. The summed E-state index contributed by atoms with van der Waals surface area (Å²) in [5.41, 5.74) is 7.60. The summed E-state index contributed by atoms with van der Waals surface area (Å²) in [6.07, 6.45) is 0.868. The summed E-state index contributed by atoms with van der Waals surface area (Å²) in [4.78, 5) is 51.3. The molecule has 7 N–H and O–H groups in total. The third-order valence-corrected chi connectivity index (χ3v) is 6.67. The molecule has 0 radical (unpaired) electrons. The number of benzene rings is 2. The Morgan fingerprint density at radius 1 is 0.769 bits per heavy atom. The van der Waals surface area contributed by atoms with Crippen molar-refractivity contribution in [2.75, 3.05) is 0 Å². The number of carboxylic acid groups (broad SMARTS) is 1. The number of aromatic hydroxyl groups is 1. The third-order valence-electron chi connectivity index (χ3n) is 6.67. The van der Waals surface area contributed by atoms with Crippen LogP contribution in [0.3, 0.4) is 0 Å². The maximum absolute atomic E-state index is 13.4. The van der Waals surface area contributed by atoms with Crippen molar-refractivity contribution in [3.63, 3.8) is 0 Å². The zero-order valence-electron chi connectivity index (χ0n) is 22.9. The van der Waals surface area contributed by atoms with Crippen molar-refractivity contribution in [3.05, 3.63) is 65.7 Å². The highest BCUT2D eigenvalue weighted by Crippen LogP contribution is 2.13. The van der Waals surface area contributed by atoms with Gasteiger partial charge in [-0.1, -0.05) is 76.6 Å². The maximum atomic E-state index is 13.4. The first-order valence-corrected chi connectivity index (χ1v) is 13.1. The molecule has 0 bridgehead atoms. The summed E-state index contributed by atoms with van der Waals surface area (Å²) in [5, 5.41) is 27.1. The minimum atomic E-state index is -1.16. The van der Waals surface area contributed by atoms with Gasteiger partial charge in [0.2, 0.25) is 17.7 Å². The number of rotatable bonds is 14. The van der Waals surface area contributed by atoms with Gasteiger partial charge in [-0.2, -0.15) is 0 Å². The SMILES string of the molecule is CCC(C)C(NC(=O)C(Cc1ccccc1)NC(=O)C(NC(=O)C(N)Cc1ccc(O)cc1)C(C)C)C(=O)O. The van der Waals surface area contributed by atoms with Crippen molar-refractivity contribution in [2.45, 2.75) is 71.1 Å². The number of aliphatic carboxylic acids is 1. The van der Waals surface area contributed by atoms with E-state index < -0.39 is 47.9 Å². The lowest BCUT2D eigenvalue weighted by Crippen LogP contribution is -2.59. The van der Waals surface area contributed by atoms with Gasteiger partial charge < -0.3 is 31.9 Å². The molecule has 2 aromatic rings. The van der Waals surface area contributed by atoms with E-state index in [2.05, 4.69) is 16.0 Å². The van der Waals surface area contributed by atoms with Crippen LogP contribution in [0.25, 0.3) is 0 Å². The van der Waals surface area contributed by atoms with Gasteiger partial charge in [0.15, 0.2) is 0 Å². The van der Waals surface area contributed by atoms with Crippen LogP contribution in [0.2, 0.25) is 0 Å². The zero-order valence-corrected chi connectivity index (χ0v) is 22.9. The first-order valence-electron chi connectivity index (χ1n) is 13.1. The maximum Gasteiger partial charge on any atom is 0.326 e. The molecular weight excluding hydrogens is 500 g/mol. The number of nitrogens with two attached hydrogens (primary N) is 1. The van der Waals surface area contributed by atoms with Crippen molar-refractivity contribution in [3.8, 4) is 5.75 Å². The predicted octanol–water partition coefficient (Wildman–Crippen LogP) is 1.75. The van der Waals surface area contributed by atoms with Gasteiger partial charge in [-0.05, 0) is 41.5 Å². The largest absolute Gasteiger partial charge is 0.508 e. The van der Waals surface area contributed by atoms with Crippen LogP contribution in [0.4, 0.5) is 0 Å². The van der Waals surface area contributed by atoms with Crippen LogP contribution in [0.15, 0.2) is 54.6 Å². The molecule has 0 aliphatic heterocycles. The lowest BCUT2D eigenvalue weighted by Gasteiger charge is -2.28. The fourth-order valence-electron chi connectivity index (χ4n) is 4.03. The molecule has 3 amide bonds. The van der Waals surface area contributed by atoms with Gasteiger partial charge in [-0.25, -0.2) is 4.79 Å². The molecule has 5 atom stereocenters. The average molecular weight is 541 g/mol. The topological polar surface area (TPSA) is 171 Å². The molecule has 2 aromatic carbocycles. The fourth-order valence-corrected chi connectivity index (χ4v) is 4.03. The first kappa shape index (κ1) is 31.3. The van der Waals surface area contributed by atoms with Crippen molar-refractivity contribution >= 4 is 23.7 Å². The monoisotopic (exact) mass is 540 g/mol. The number of nitrogens with one attached hydrogen (secondary N) is 3. The molecule has 212 valence electrons. The van der Waals surface area contributed by atoms with E-state index in [1.165, 1.54) is 12.1 Å². The van der Waals surface area contributed by atoms with Gasteiger partial charge in [-0.15, -0.1) is 0 Å². The molecule has 0 heterocycles. The standard InChI is InChI=1S/C29H40N4O6/c1-5-18(4)25(29(38)39)33-27(36)23(16-19-9-7-6-8-10-19)31-28(37)24(17(2)3)32-26(35)22(30)15-20-11-13-21(34)14-12-20/h6-14,17-18,22-25,34H,5,15-16,30H2,1-4H3,(H,31,37)(H,32,35)(H,33,36)(H,38,39). The van der Waals surface area contributed by atoms with E-state index in [0.29, 0.717) is 6.42 Å². The van der Waals surface area contributed by atoms with E-state index >= 15 is 0 Å². The molecule has 0 spiro atoms. The van der Waals surface area contributed by atoms with Crippen molar-refractivity contribution < 1.29 is 29.4 Å². The molecule has 5 unspecified atom stereocenters. The van der Waals surface area contributed by atoms with Crippen molar-refractivity contribution in [1.29, 1.82) is 0 Å². The van der Waals surface area contributed by atoms with Gasteiger partial charge in [0, 0.05) is 6.42 Å². The zero-order chi connectivity index (χ0) is 29.1. The minimum absolute atomic E-state index is 0.0984. The molecule has 0 aromatic heterocycles. The Kier molecular flexibility index (Phi) is 11.9. The van der Waals surface area contributed by atoms with Crippen LogP contribution in [-0.2, 0) is 32.0 Å². The summed E-state index contributed by atoms with van der Waals surface area (Å²) in [5.74, 6) is -3.46. The smallest absolute Gasteiger partial charge is 0.326 e. The quantitative estimate of drug-likeness (QED) is 0.212. The molecule has 0 saturated heterocycles. The normalized spacial score (nSPS) is 14.9. The van der Waals surface area contributed by atoms with Crippen LogP contribution >= 0.6 is 0 Å². The number of carbonyl (C=O) groups excluding carboxylic acids is 3. The molecular formula is C29H40N4O6. The van der Waals surface area contributed by atoms with Gasteiger partial charge in [0.05, 0.1) is 6.04 Å². The van der Waals surface area contributed by atoms with Crippen molar-refractivity contribution in [1.82, 2.24) is 16.0 Å². The molecule has 0 saturated carbocycles. The van der Waals surface area contributed by atoms with Crippen LogP contribution in [0.5, 0.6) is 5.75 Å². The molecule has 0 fully saturated rings. The molecule has 10 nitrogen and oxygen atoms in total. The number of hydrogen-bond donors (Lipinski definition) is 6. The number of phenols is 1. The highest BCUT2D eigenvalue weighted by Gasteiger charge is 2.33. The van der Waals surface area contributed by atoms with Crippen molar-refractivity contribution in [2.24, 2.45) is 17.6 Å². The Balaban J connectivity index is 2.18. The molecule has 39 heavy (non-hydrogen) atoms. The number of carboxylic acids is 1. The van der Waals surface area contributed by atoms with E-state index in [-0.39, 0.29) is 30.4 Å². The Hall–Kier alpha value is -3.92. The van der Waals surface area contributed by atoms with Gasteiger partial charge in [0.25, 0.3) is 0 Å². The summed E-state index contributed by atoms with van der Waals surface area (Å²) in [7, 11) is 0. The Labute approximate surface area is 229 Å². The van der Waals surface area contributed by atoms with Gasteiger partial charge >= 0.3 is 5.97 Å². The average Bonchev–Trinajstić information content (AvgIpc) is 2.90. The number of carbonyl (C=O) groups is 4. The number of hydrogen-bond acceptors (Lipinski definition) is 6. The van der Waals surface area contributed by atoms with E-state index in [1.807, 2.05) is 13.0 Å². The minimum Gasteiger partial charge on any atom is -0.508 e. The van der Waals surface area contributed by atoms with E-state index in [1.54, 1.807) is 57.2 Å². The van der Waals surface area contributed by atoms with Crippen LogP contribution in [-0.4, -0.2) is 58.1 Å². The molecule has 0 aliphatic rings. The highest BCUT2D eigenvalue weighted by molar-refractivity contribution is 5.94. The summed E-state index contributed by atoms with van der Waals surface area (Å²) in [6.45, 7) is 7.07. The Morgan fingerprint density at radius 2 is 1.33 bits per heavy atom. The highest BCUT2D eigenvalue weighted by atomic mass is 16.4. The van der Waals surface area contributed by atoms with Gasteiger partial charge in [0.1, 0.15) is 23.9 Å². The van der Waals surface area contributed by atoms with Crippen LogP contribution in [0.1, 0.15) is 45.2 Å². The lowest BCUT2D eigenvalue weighted by molar-refractivity contribution is -0.143. The second kappa shape index (κ2) is 14.9. The second-order valence-corrected chi connectivity index (χ2v) is 10.2. The van der Waals surface area contributed by atoms with Crippen LogP contribution in [0, 0.1) is 11.8 Å². The third kappa shape index (κ3) is 9.72. The molecule has 2 rings (SSSR count). The first-order chi connectivity index (χ1) is 18.4. The van der Waals surface area contributed by atoms with E-state index in [9.17, 15) is 29.4 Å². The summed E-state index contributed by atoms with van der Waals surface area (Å²) >= 11 is 0. The van der Waals surface area contributed by atoms with Crippen LogP contribution < -0.4 is 21.7 Å². The van der Waals surface area contributed by atoms with E-state index in [4.69, 9.17) is 5.73 Å². The van der Waals surface area contributed by atoms with E-state index in [0.717, 1.165) is 11.1 Å². The Bertz CT molecular complexity index is 1110. The fraction of sp³-hybridized carbons (Fsp3) is 0.448. The summed E-state index contributed by atoms with van der Waals surface area (Å²) < 4.78 is 0. The molecule has 10 heteroatoms. The van der Waals surface area contributed by atoms with Gasteiger partial charge in [-0.3, -0.25) is 14.4 Å². The number of amides is 3. The number of phenolic OH excluding ortho intramolecular Hbond substituents is 1. The summed E-state index contributed by atoms with van der Waals surface area (Å²) in [6, 6.07) is 11.2. The Morgan fingerprint density at radius 3 is 1.87 bits per heavy atom. The molecule has 0 aliphatic carbocycles. The second-order valence-electron chi connectivity index (χ2n) is 10.2. The lowest BCUT2D eigenvalue weighted by atomic mass is 9.97.